The third-order valence-electron chi connectivity index (χ3n) is 6.53. The first-order chi connectivity index (χ1) is 16.8. The monoisotopic (exact) mass is 503 g/mol. The molecular weight excluding hydrogens is 475 g/mol. The van der Waals surface area contributed by atoms with Gasteiger partial charge in [-0.05, 0) is 67.0 Å². The lowest BCUT2D eigenvalue weighted by Gasteiger charge is -2.44. The average molecular weight is 504 g/mol. The van der Waals surface area contributed by atoms with Crippen molar-refractivity contribution in [2.45, 2.75) is 42.4 Å². The lowest BCUT2D eigenvalue weighted by atomic mass is 9.88. The summed E-state index contributed by atoms with van der Waals surface area (Å²) in [4.78, 5) is 28.7. The molecule has 1 atom stereocenters. The Kier molecular flexibility index (Phi) is 7.86. The molecule has 186 valence electrons. The largest absolute Gasteiger partial charge is 0.416 e. The Morgan fingerprint density at radius 2 is 1.86 bits per heavy atom. The highest BCUT2D eigenvalue weighted by Crippen LogP contribution is 2.32. The van der Waals surface area contributed by atoms with Gasteiger partial charge >= 0.3 is 6.18 Å². The summed E-state index contributed by atoms with van der Waals surface area (Å²) in [5.74, 6) is -0.918. The molecule has 0 radical (unpaired) electrons. The Morgan fingerprint density at radius 1 is 1.11 bits per heavy atom. The van der Waals surface area contributed by atoms with Crippen molar-refractivity contribution >= 4 is 29.1 Å². The molecule has 1 saturated heterocycles. The highest BCUT2D eigenvalue weighted by molar-refractivity contribution is 7.98. The predicted octanol–water partition coefficient (Wildman–Crippen LogP) is 4.59. The van der Waals surface area contributed by atoms with Crippen LogP contribution in [-0.2, 0) is 11.0 Å². The Bertz CT molecular complexity index is 1100. The van der Waals surface area contributed by atoms with Gasteiger partial charge in [-0.25, -0.2) is 0 Å². The fraction of sp³-hybridized carbons (Fsp3) is 0.385. The number of allylic oxidation sites excluding steroid dienone is 1. The second-order valence-electron chi connectivity index (χ2n) is 8.76. The van der Waals surface area contributed by atoms with Crippen molar-refractivity contribution in [3.8, 4) is 0 Å². The van der Waals surface area contributed by atoms with E-state index in [1.807, 2.05) is 11.2 Å². The van der Waals surface area contributed by atoms with Crippen LogP contribution in [0.5, 0.6) is 0 Å². The molecule has 2 N–H and O–H groups in total. The van der Waals surface area contributed by atoms with Crippen molar-refractivity contribution in [2.24, 2.45) is 0 Å². The molecule has 0 saturated carbocycles. The quantitative estimate of drug-likeness (QED) is 0.543. The Hall–Kier alpha value is -2.78. The van der Waals surface area contributed by atoms with Gasteiger partial charge in [-0.2, -0.15) is 13.2 Å². The zero-order chi connectivity index (χ0) is 25.0. The number of nitrogens with one attached hydrogen (secondary N) is 2. The number of amides is 2. The summed E-state index contributed by atoms with van der Waals surface area (Å²) in [5, 5.41) is 5.70. The first-order valence-electron chi connectivity index (χ1n) is 11.6. The third-order valence-corrected chi connectivity index (χ3v) is 7.27. The first kappa shape index (κ1) is 25.3. The number of benzene rings is 2. The molecule has 35 heavy (non-hydrogen) atoms. The van der Waals surface area contributed by atoms with E-state index >= 15 is 0 Å². The number of nitrogens with zero attached hydrogens (tertiary/aromatic N) is 1. The van der Waals surface area contributed by atoms with Gasteiger partial charge in [0.05, 0.1) is 18.2 Å². The van der Waals surface area contributed by atoms with Crippen LogP contribution in [0.2, 0.25) is 0 Å². The smallest absolute Gasteiger partial charge is 0.343 e. The topological polar surface area (TPSA) is 61.4 Å². The maximum atomic E-state index is 13.1. The molecule has 0 aromatic heterocycles. The second kappa shape index (κ2) is 10.9. The van der Waals surface area contributed by atoms with Crippen LogP contribution in [0.15, 0.2) is 59.5 Å². The molecule has 4 rings (SSSR count). The number of halogens is 3. The molecule has 2 aliphatic rings. The van der Waals surface area contributed by atoms with Crippen LogP contribution in [0, 0.1) is 0 Å². The minimum Gasteiger partial charge on any atom is -0.343 e. The molecule has 0 spiro atoms. The first-order valence-corrected chi connectivity index (χ1v) is 12.8. The summed E-state index contributed by atoms with van der Waals surface area (Å²) in [5.41, 5.74) is 1.44. The van der Waals surface area contributed by atoms with Crippen LogP contribution in [0.4, 0.5) is 13.2 Å². The highest BCUT2D eigenvalue weighted by Gasteiger charge is 2.35. The van der Waals surface area contributed by atoms with E-state index in [-0.39, 0.29) is 30.1 Å². The van der Waals surface area contributed by atoms with E-state index in [9.17, 15) is 22.8 Å². The summed E-state index contributed by atoms with van der Waals surface area (Å²) in [7, 11) is 0. The van der Waals surface area contributed by atoms with Gasteiger partial charge in [-0.15, -0.1) is 11.8 Å². The van der Waals surface area contributed by atoms with Crippen molar-refractivity contribution in [1.82, 2.24) is 15.5 Å². The van der Waals surface area contributed by atoms with Crippen LogP contribution in [0.1, 0.15) is 40.7 Å². The molecule has 2 amide bonds. The molecule has 1 heterocycles. The summed E-state index contributed by atoms with van der Waals surface area (Å²) in [6.07, 6.45) is 2.09. The van der Waals surface area contributed by atoms with Crippen molar-refractivity contribution in [3.05, 3.63) is 71.3 Å². The van der Waals surface area contributed by atoms with Gasteiger partial charge < -0.3 is 15.5 Å². The number of rotatable bonds is 7. The lowest BCUT2D eigenvalue weighted by molar-refractivity contribution is -0.138. The maximum Gasteiger partial charge on any atom is 0.416 e. The number of thioether (sulfide) groups is 1. The fourth-order valence-corrected chi connectivity index (χ4v) is 4.91. The van der Waals surface area contributed by atoms with Crippen LogP contribution in [0.25, 0.3) is 5.57 Å². The molecule has 2 aromatic rings. The van der Waals surface area contributed by atoms with Gasteiger partial charge in [-0.1, -0.05) is 24.3 Å². The van der Waals surface area contributed by atoms with Gasteiger partial charge in [0, 0.05) is 29.6 Å². The Balaban J connectivity index is 1.39. The minimum atomic E-state index is -4.54. The number of carbonyl (C=O) groups is 2. The van der Waals surface area contributed by atoms with Gasteiger partial charge in [0.2, 0.25) is 5.91 Å². The number of alkyl halides is 3. The van der Waals surface area contributed by atoms with Gasteiger partial charge in [0.1, 0.15) is 0 Å². The van der Waals surface area contributed by atoms with Crippen LogP contribution in [-0.4, -0.2) is 54.7 Å². The molecule has 2 aromatic carbocycles. The van der Waals surface area contributed by atoms with Gasteiger partial charge in [0.15, 0.2) is 0 Å². The third kappa shape index (κ3) is 6.08. The van der Waals surface area contributed by atoms with E-state index in [4.69, 9.17) is 0 Å². The van der Waals surface area contributed by atoms with E-state index < -0.39 is 17.6 Å². The molecule has 0 bridgehead atoms. The molecule has 1 fully saturated rings. The van der Waals surface area contributed by atoms with E-state index in [0.29, 0.717) is 13.1 Å². The molecule has 1 aliphatic carbocycles. The number of carbonyl (C=O) groups excluding carboxylic acids is 2. The maximum absolute atomic E-state index is 13.1. The van der Waals surface area contributed by atoms with Crippen molar-refractivity contribution in [2.75, 3.05) is 25.9 Å². The lowest BCUT2D eigenvalue weighted by Crippen LogP contribution is -2.63. The van der Waals surface area contributed by atoms with Crippen LogP contribution < -0.4 is 10.6 Å². The van der Waals surface area contributed by atoms with Crippen molar-refractivity contribution < 1.29 is 22.8 Å². The SMILES string of the molecule is CSc1ccc(C2=CCC(N(C(=O)CNC(=O)c3cccc(C(F)(F)F)c3)C3CNC3)CC2)cc1. The second-order valence-corrected chi connectivity index (χ2v) is 9.64. The zero-order valence-electron chi connectivity index (χ0n) is 19.4. The van der Waals surface area contributed by atoms with Crippen LogP contribution in [0.3, 0.4) is 0 Å². The molecular formula is C26H28F3N3O2S. The zero-order valence-corrected chi connectivity index (χ0v) is 20.2. The Labute approximate surface area is 207 Å². The number of hydrogen-bond acceptors (Lipinski definition) is 4. The fourth-order valence-electron chi connectivity index (χ4n) is 4.50. The molecule has 9 heteroatoms. The summed E-state index contributed by atoms with van der Waals surface area (Å²) in [6.45, 7) is 1.13. The molecule has 1 unspecified atom stereocenters. The van der Waals surface area contributed by atoms with Crippen molar-refractivity contribution in [3.63, 3.8) is 0 Å². The predicted molar refractivity (Wildman–Crippen MR) is 131 cm³/mol. The summed E-state index contributed by atoms with van der Waals surface area (Å²) < 4.78 is 38.9. The van der Waals surface area contributed by atoms with E-state index in [1.165, 1.54) is 28.2 Å². The van der Waals surface area contributed by atoms with E-state index in [1.54, 1.807) is 11.8 Å². The molecule has 5 nitrogen and oxygen atoms in total. The summed E-state index contributed by atoms with van der Waals surface area (Å²) >= 11 is 1.70. The molecule has 1 aliphatic heterocycles. The van der Waals surface area contributed by atoms with E-state index in [0.717, 1.165) is 31.4 Å². The Morgan fingerprint density at radius 3 is 2.43 bits per heavy atom. The average Bonchev–Trinajstić information content (AvgIpc) is 2.84. The standard InChI is InChI=1S/C26H28F3N3O2S/c1-35-23-11-7-18(8-12-23)17-5-9-21(10-6-17)32(22-14-30-15-22)24(33)16-31-25(34)19-3-2-4-20(13-19)26(27,28)29/h2-5,7-8,11-13,21-22,30H,6,9-10,14-16H2,1H3,(H,31,34). The minimum absolute atomic E-state index is 0.0225. The van der Waals surface area contributed by atoms with Crippen LogP contribution >= 0.6 is 11.8 Å². The highest BCUT2D eigenvalue weighted by atomic mass is 32.2. The summed E-state index contributed by atoms with van der Waals surface area (Å²) in [6, 6.07) is 12.7. The van der Waals surface area contributed by atoms with Gasteiger partial charge in [0.25, 0.3) is 5.91 Å². The number of hydrogen-bond donors (Lipinski definition) is 2. The van der Waals surface area contributed by atoms with E-state index in [2.05, 4.69) is 41.0 Å². The van der Waals surface area contributed by atoms with Crippen molar-refractivity contribution in [1.29, 1.82) is 0 Å². The normalized spacial score (nSPS) is 18.4. The van der Waals surface area contributed by atoms with Gasteiger partial charge in [-0.3, -0.25) is 9.59 Å².